The first-order chi connectivity index (χ1) is 8.16. The zero-order valence-corrected chi connectivity index (χ0v) is 12.6. The van der Waals surface area contributed by atoms with Crippen LogP contribution >= 0.6 is 0 Å². The third kappa shape index (κ3) is 3.76. The van der Waals surface area contributed by atoms with Crippen LogP contribution in [-0.4, -0.2) is 42.8 Å². The van der Waals surface area contributed by atoms with Gasteiger partial charge in [0.25, 0.3) is 0 Å². The fourth-order valence-corrected chi connectivity index (χ4v) is 4.18. The van der Waals surface area contributed by atoms with Crippen molar-refractivity contribution >= 4 is 8.80 Å². The Labute approximate surface area is 106 Å². The predicted molar refractivity (Wildman–Crippen MR) is 69.0 cm³/mol. The number of rotatable bonds is 9. The second-order valence-corrected chi connectivity index (χ2v) is 7.80. The Kier molecular flexibility index (Phi) is 6.09. The first-order valence-electron chi connectivity index (χ1n) is 6.48. The summed E-state index contributed by atoms with van der Waals surface area (Å²) in [5, 5.41) is 0. The second-order valence-electron chi connectivity index (χ2n) is 4.83. The largest absolute Gasteiger partial charge is 0.500 e. The van der Waals surface area contributed by atoms with E-state index in [9.17, 15) is 0 Å². The molecular weight excluding hydrogens is 236 g/mol. The number of ether oxygens (including phenoxy) is 1. The van der Waals surface area contributed by atoms with Crippen molar-refractivity contribution in [2.75, 3.05) is 34.0 Å². The summed E-state index contributed by atoms with van der Waals surface area (Å²) >= 11 is 0. The fourth-order valence-electron chi connectivity index (χ4n) is 1.91. The van der Waals surface area contributed by atoms with Crippen molar-refractivity contribution in [3.63, 3.8) is 0 Å². The molecule has 0 atom stereocenters. The van der Waals surface area contributed by atoms with Gasteiger partial charge in [-0.2, -0.15) is 0 Å². The van der Waals surface area contributed by atoms with Crippen molar-refractivity contribution in [1.29, 1.82) is 0 Å². The van der Waals surface area contributed by atoms with Gasteiger partial charge in [-0.25, -0.2) is 0 Å². The van der Waals surface area contributed by atoms with Gasteiger partial charge in [0.1, 0.15) is 0 Å². The van der Waals surface area contributed by atoms with Crippen molar-refractivity contribution < 1.29 is 18.0 Å². The van der Waals surface area contributed by atoms with E-state index in [1.807, 2.05) is 0 Å². The second kappa shape index (κ2) is 6.85. The van der Waals surface area contributed by atoms with E-state index in [1.54, 1.807) is 14.2 Å². The first-order valence-corrected chi connectivity index (χ1v) is 8.41. The summed E-state index contributed by atoms with van der Waals surface area (Å²) in [6.07, 6.45) is 3.30. The van der Waals surface area contributed by atoms with Gasteiger partial charge in [-0.05, 0) is 12.8 Å². The maximum atomic E-state index is 6.04. The highest BCUT2D eigenvalue weighted by Gasteiger charge is 2.44. The SMILES string of the molecule is CCCC[Si](OC)(OC)OCC1(CC)COC1. The molecule has 0 spiro atoms. The molecule has 0 aromatic rings. The molecule has 102 valence electrons. The van der Waals surface area contributed by atoms with Gasteiger partial charge < -0.3 is 18.0 Å². The molecule has 17 heavy (non-hydrogen) atoms. The Balaban J connectivity index is 2.47. The van der Waals surface area contributed by atoms with Gasteiger partial charge in [0.15, 0.2) is 0 Å². The fraction of sp³-hybridized carbons (Fsp3) is 1.00. The minimum absolute atomic E-state index is 0.196. The summed E-state index contributed by atoms with van der Waals surface area (Å²) in [4.78, 5) is 0. The summed E-state index contributed by atoms with van der Waals surface area (Å²) in [5.74, 6) is 0. The van der Waals surface area contributed by atoms with Crippen molar-refractivity contribution in [1.82, 2.24) is 0 Å². The molecule has 0 unspecified atom stereocenters. The van der Waals surface area contributed by atoms with Gasteiger partial charge in [-0.15, -0.1) is 0 Å². The molecule has 1 rings (SSSR count). The normalized spacial score (nSPS) is 19.1. The third-order valence-corrected chi connectivity index (χ3v) is 6.42. The van der Waals surface area contributed by atoms with Gasteiger partial charge in [-0.3, -0.25) is 0 Å². The summed E-state index contributed by atoms with van der Waals surface area (Å²) in [5.41, 5.74) is 0.196. The average molecular weight is 262 g/mol. The predicted octanol–water partition coefficient (Wildman–Crippen LogP) is 2.46. The Morgan fingerprint density at radius 3 is 2.18 bits per heavy atom. The first kappa shape index (κ1) is 15.1. The number of hydrogen-bond acceptors (Lipinski definition) is 4. The van der Waals surface area contributed by atoms with Crippen molar-refractivity contribution in [3.8, 4) is 0 Å². The molecule has 0 bridgehead atoms. The Morgan fingerprint density at radius 1 is 1.18 bits per heavy atom. The van der Waals surface area contributed by atoms with Gasteiger partial charge in [-0.1, -0.05) is 20.3 Å². The van der Waals surface area contributed by atoms with Gasteiger partial charge in [0.05, 0.1) is 13.2 Å². The van der Waals surface area contributed by atoms with Crippen LogP contribution < -0.4 is 0 Å². The van der Waals surface area contributed by atoms with E-state index < -0.39 is 8.80 Å². The molecule has 0 aromatic carbocycles. The minimum atomic E-state index is -2.43. The molecule has 0 radical (unpaired) electrons. The maximum absolute atomic E-state index is 6.04. The van der Waals surface area contributed by atoms with Crippen LogP contribution in [0.15, 0.2) is 0 Å². The molecule has 0 aromatic heterocycles. The highest BCUT2D eigenvalue weighted by molar-refractivity contribution is 6.60. The van der Waals surface area contributed by atoms with E-state index >= 15 is 0 Å². The minimum Gasteiger partial charge on any atom is -0.380 e. The van der Waals surface area contributed by atoms with E-state index in [0.29, 0.717) is 6.61 Å². The van der Waals surface area contributed by atoms with E-state index in [0.717, 1.165) is 38.5 Å². The summed E-state index contributed by atoms with van der Waals surface area (Å²) < 4.78 is 22.4. The molecule has 1 aliphatic heterocycles. The van der Waals surface area contributed by atoms with Crippen molar-refractivity contribution in [3.05, 3.63) is 0 Å². The highest BCUT2D eigenvalue weighted by Crippen LogP contribution is 2.33. The van der Waals surface area contributed by atoms with E-state index in [2.05, 4.69) is 13.8 Å². The van der Waals surface area contributed by atoms with Gasteiger partial charge in [0, 0.05) is 32.3 Å². The molecule has 4 nitrogen and oxygen atoms in total. The quantitative estimate of drug-likeness (QED) is 0.598. The van der Waals surface area contributed by atoms with Crippen LogP contribution in [0.2, 0.25) is 6.04 Å². The Hall–Kier alpha value is 0.0569. The van der Waals surface area contributed by atoms with Crippen LogP contribution in [0.1, 0.15) is 33.1 Å². The average Bonchev–Trinajstić information content (AvgIpc) is 2.33. The molecule has 0 N–H and O–H groups in total. The van der Waals surface area contributed by atoms with Crippen LogP contribution in [-0.2, 0) is 18.0 Å². The molecule has 0 aliphatic carbocycles. The zero-order chi connectivity index (χ0) is 12.8. The van der Waals surface area contributed by atoms with Crippen LogP contribution in [0.3, 0.4) is 0 Å². The highest BCUT2D eigenvalue weighted by atomic mass is 28.4. The van der Waals surface area contributed by atoms with Crippen LogP contribution in [0.4, 0.5) is 0 Å². The molecule has 0 saturated carbocycles. The summed E-state index contributed by atoms with van der Waals surface area (Å²) in [6, 6.07) is 0.900. The molecule has 1 aliphatic rings. The van der Waals surface area contributed by atoms with Crippen LogP contribution in [0, 0.1) is 5.41 Å². The van der Waals surface area contributed by atoms with Crippen molar-refractivity contribution in [2.45, 2.75) is 39.2 Å². The number of hydrogen-bond donors (Lipinski definition) is 0. The van der Waals surface area contributed by atoms with Crippen molar-refractivity contribution in [2.24, 2.45) is 5.41 Å². The lowest BCUT2D eigenvalue weighted by molar-refractivity contribution is -0.141. The van der Waals surface area contributed by atoms with E-state index in [4.69, 9.17) is 18.0 Å². The molecule has 1 fully saturated rings. The Morgan fingerprint density at radius 2 is 1.82 bits per heavy atom. The van der Waals surface area contributed by atoms with E-state index in [-0.39, 0.29) is 5.41 Å². The molecule has 5 heteroatoms. The van der Waals surface area contributed by atoms with Gasteiger partial charge >= 0.3 is 8.80 Å². The topological polar surface area (TPSA) is 36.9 Å². The van der Waals surface area contributed by atoms with Gasteiger partial charge in [0.2, 0.25) is 0 Å². The number of unbranched alkanes of at least 4 members (excludes halogenated alkanes) is 1. The zero-order valence-electron chi connectivity index (χ0n) is 11.6. The third-order valence-electron chi connectivity index (χ3n) is 3.62. The molecular formula is C12H26O4Si. The molecule has 0 amide bonds. The smallest absolute Gasteiger partial charge is 0.380 e. The molecule has 1 saturated heterocycles. The lowest BCUT2D eigenvalue weighted by Crippen LogP contribution is -2.52. The Bertz CT molecular complexity index is 209. The summed E-state index contributed by atoms with van der Waals surface area (Å²) in [7, 11) is 0.963. The lowest BCUT2D eigenvalue weighted by atomic mass is 9.84. The van der Waals surface area contributed by atoms with Crippen LogP contribution in [0.25, 0.3) is 0 Å². The standard InChI is InChI=1S/C12H26O4Si/c1-5-7-8-17(13-3,14-4)16-11-12(6-2)9-15-10-12/h5-11H2,1-4H3. The lowest BCUT2D eigenvalue weighted by Gasteiger charge is -2.42. The van der Waals surface area contributed by atoms with Crippen LogP contribution in [0.5, 0.6) is 0 Å². The molecule has 1 heterocycles. The maximum Gasteiger partial charge on any atom is 0.500 e. The van der Waals surface area contributed by atoms with E-state index in [1.165, 1.54) is 0 Å². The summed E-state index contributed by atoms with van der Waals surface area (Å²) in [6.45, 7) is 6.64. The monoisotopic (exact) mass is 262 g/mol.